The fourth-order valence-electron chi connectivity index (χ4n) is 1.87. The molecule has 0 aliphatic heterocycles. The number of rotatable bonds is 6. The molecule has 0 aliphatic rings. The molecule has 114 valence electrons. The summed E-state index contributed by atoms with van der Waals surface area (Å²) in [6.45, 7) is 11.3. The fraction of sp³-hybridized carbons (Fsp3) is 0.733. The van der Waals surface area contributed by atoms with Crippen LogP contribution in [0.3, 0.4) is 0 Å². The van der Waals surface area contributed by atoms with Crippen molar-refractivity contribution in [3.63, 3.8) is 0 Å². The molecule has 1 atom stereocenters. The maximum atomic E-state index is 9.04. The van der Waals surface area contributed by atoms with Gasteiger partial charge in [-0.25, -0.2) is 9.97 Å². The zero-order chi connectivity index (χ0) is 15.3. The third kappa shape index (κ3) is 4.60. The van der Waals surface area contributed by atoms with E-state index in [4.69, 9.17) is 16.7 Å². The Morgan fingerprint density at radius 2 is 1.95 bits per heavy atom. The first kappa shape index (κ1) is 17.2. The van der Waals surface area contributed by atoms with E-state index in [9.17, 15) is 0 Å². The Bertz CT molecular complexity index is 443. The Balaban J connectivity index is 2.91. The Morgan fingerprint density at radius 1 is 1.30 bits per heavy atom. The van der Waals surface area contributed by atoms with Crippen molar-refractivity contribution in [3.8, 4) is 0 Å². The quantitative estimate of drug-likeness (QED) is 0.789. The van der Waals surface area contributed by atoms with Crippen molar-refractivity contribution in [1.82, 2.24) is 9.97 Å². The van der Waals surface area contributed by atoms with E-state index in [0.29, 0.717) is 11.1 Å². The van der Waals surface area contributed by atoms with Crippen molar-refractivity contribution in [2.75, 3.05) is 18.5 Å². The second-order valence-corrected chi connectivity index (χ2v) is 6.59. The zero-order valence-corrected chi connectivity index (χ0v) is 13.9. The lowest BCUT2D eigenvalue weighted by Gasteiger charge is -2.21. The van der Waals surface area contributed by atoms with E-state index in [1.165, 1.54) is 0 Å². The lowest BCUT2D eigenvalue weighted by atomic mass is 9.95. The van der Waals surface area contributed by atoms with Crippen LogP contribution < -0.4 is 5.32 Å². The van der Waals surface area contributed by atoms with Gasteiger partial charge in [-0.05, 0) is 19.3 Å². The summed E-state index contributed by atoms with van der Waals surface area (Å²) in [7, 11) is 0. The summed E-state index contributed by atoms with van der Waals surface area (Å²) in [4.78, 5) is 8.96. The topological polar surface area (TPSA) is 58.0 Å². The molecule has 0 saturated carbocycles. The van der Waals surface area contributed by atoms with Crippen LogP contribution in [0.5, 0.6) is 0 Å². The smallest absolute Gasteiger partial charge is 0.137 e. The van der Waals surface area contributed by atoms with Gasteiger partial charge in [0.2, 0.25) is 0 Å². The van der Waals surface area contributed by atoms with E-state index in [1.807, 2.05) is 6.92 Å². The molecule has 20 heavy (non-hydrogen) atoms. The minimum Gasteiger partial charge on any atom is -0.396 e. The number of aromatic nitrogens is 2. The molecule has 4 nitrogen and oxygen atoms in total. The lowest BCUT2D eigenvalue weighted by Crippen LogP contribution is -2.20. The summed E-state index contributed by atoms with van der Waals surface area (Å²) in [5.41, 5.74) is 0.738. The summed E-state index contributed by atoms with van der Waals surface area (Å²) in [6, 6.07) is 0. The van der Waals surface area contributed by atoms with Gasteiger partial charge in [0.1, 0.15) is 16.8 Å². The number of halogens is 1. The first-order chi connectivity index (χ1) is 9.29. The molecule has 0 spiro atoms. The molecule has 0 amide bonds. The van der Waals surface area contributed by atoms with Gasteiger partial charge in [-0.15, -0.1) is 0 Å². The molecule has 1 heterocycles. The van der Waals surface area contributed by atoms with E-state index < -0.39 is 0 Å². The molecular formula is C15H26ClN3O. The Labute approximate surface area is 127 Å². The van der Waals surface area contributed by atoms with Crippen LogP contribution in [-0.4, -0.2) is 28.2 Å². The number of anilines is 1. The van der Waals surface area contributed by atoms with Crippen LogP contribution in [0.2, 0.25) is 5.15 Å². The normalized spacial score (nSPS) is 13.3. The van der Waals surface area contributed by atoms with Crippen molar-refractivity contribution < 1.29 is 5.11 Å². The maximum absolute atomic E-state index is 9.04. The number of aliphatic hydroxyl groups is 1. The SMILES string of the molecule is CCC(CCO)CNc1nc(C(C)(C)C)nc(Cl)c1C. The molecule has 5 heteroatoms. The van der Waals surface area contributed by atoms with Crippen molar-refractivity contribution >= 4 is 17.4 Å². The molecular weight excluding hydrogens is 274 g/mol. The van der Waals surface area contributed by atoms with Crippen molar-refractivity contribution in [2.45, 2.75) is 52.9 Å². The van der Waals surface area contributed by atoms with Crippen LogP contribution in [0.25, 0.3) is 0 Å². The number of aliphatic hydroxyl groups excluding tert-OH is 1. The predicted octanol–water partition coefficient (Wildman–Crippen LogP) is 3.56. The molecule has 1 rings (SSSR count). The van der Waals surface area contributed by atoms with E-state index in [1.54, 1.807) is 0 Å². The fourth-order valence-corrected chi connectivity index (χ4v) is 2.04. The number of hydrogen-bond donors (Lipinski definition) is 2. The van der Waals surface area contributed by atoms with Crippen molar-refractivity contribution in [1.29, 1.82) is 0 Å². The van der Waals surface area contributed by atoms with Crippen LogP contribution in [0.1, 0.15) is 51.9 Å². The molecule has 1 aromatic heterocycles. The molecule has 1 unspecified atom stereocenters. The van der Waals surface area contributed by atoms with Crippen LogP contribution in [-0.2, 0) is 5.41 Å². The van der Waals surface area contributed by atoms with E-state index in [-0.39, 0.29) is 12.0 Å². The summed E-state index contributed by atoms with van der Waals surface area (Å²) < 4.78 is 0. The highest BCUT2D eigenvalue weighted by atomic mass is 35.5. The summed E-state index contributed by atoms with van der Waals surface area (Å²) >= 11 is 6.20. The number of nitrogens with zero attached hydrogens (tertiary/aromatic N) is 2. The third-order valence-corrected chi connectivity index (χ3v) is 3.80. The average molecular weight is 300 g/mol. The van der Waals surface area contributed by atoms with Gasteiger partial charge in [0.25, 0.3) is 0 Å². The van der Waals surface area contributed by atoms with Gasteiger partial charge >= 0.3 is 0 Å². The standard InChI is InChI=1S/C15H26ClN3O/c1-6-11(7-8-20)9-17-13-10(2)12(16)18-14(19-13)15(3,4)5/h11,20H,6-9H2,1-5H3,(H,17,18,19). The molecule has 0 saturated heterocycles. The van der Waals surface area contributed by atoms with E-state index >= 15 is 0 Å². The zero-order valence-electron chi connectivity index (χ0n) is 13.1. The molecule has 1 aromatic rings. The molecule has 0 radical (unpaired) electrons. The largest absolute Gasteiger partial charge is 0.396 e. The van der Waals surface area contributed by atoms with Gasteiger partial charge in [0.15, 0.2) is 0 Å². The van der Waals surface area contributed by atoms with Crippen LogP contribution in [0, 0.1) is 12.8 Å². The van der Waals surface area contributed by atoms with Gasteiger partial charge in [-0.3, -0.25) is 0 Å². The van der Waals surface area contributed by atoms with Crippen LogP contribution in [0.4, 0.5) is 5.82 Å². The lowest BCUT2D eigenvalue weighted by molar-refractivity contribution is 0.258. The van der Waals surface area contributed by atoms with Gasteiger partial charge < -0.3 is 10.4 Å². The molecule has 0 aliphatic carbocycles. The number of hydrogen-bond acceptors (Lipinski definition) is 4. The van der Waals surface area contributed by atoms with E-state index in [2.05, 4.69) is 43.0 Å². The van der Waals surface area contributed by atoms with Gasteiger partial charge in [-0.1, -0.05) is 45.7 Å². The van der Waals surface area contributed by atoms with Gasteiger partial charge in [-0.2, -0.15) is 0 Å². The Hall–Kier alpha value is -0.870. The van der Waals surface area contributed by atoms with Crippen molar-refractivity contribution in [2.24, 2.45) is 5.92 Å². The highest BCUT2D eigenvalue weighted by molar-refractivity contribution is 6.30. The van der Waals surface area contributed by atoms with Crippen LogP contribution >= 0.6 is 11.6 Å². The summed E-state index contributed by atoms with van der Waals surface area (Å²) in [5.74, 6) is 1.98. The first-order valence-corrected chi connectivity index (χ1v) is 7.56. The maximum Gasteiger partial charge on any atom is 0.137 e. The highest BCUT2D eigenvalue weighted by Gasteiger charge is 2.20. The monoisotopic (exact) mass is 299 g/mol. The minimum absolute atomic E-state index is 0.136. The minimum atomic E-state index is -0.136. The molecule has 0 bridgehead atoms. The number of nitrogens with one attached hydrogen (secondary N) is 1. The van der Waals surface area contributed by atoms with Crippen LogP contribution in [0.15, 0.2) is 0 Å². The summed E-state index contributed by atoms with van der Waals surface area (Å²) in [6.07, 6.45) is 1.82. The Kier molecular flexibility index (Phi) is 6.21. The second kappa shape index (κ2) is 7.23. The molecule has 0 fully saturated rings. The predicted molar refractivity (Wildman–Crippen MR) is 84.5 cm³/mol. The summed E-state index contributed by atoms with van der Waals surface area (Å²) in [5, 5.41) is 12.9. The van der Waals surface area contributed by atoms with Gasteiger partial charge in [0.05, 0.1) is 0 Å². The second-order valence-electron chi connectivity index (χ2n) is 6.23. The first-order valence-electron chi connectivity index (χ1n) is 7.19. The highest BCUT2D eigenvalue weighted by Crippen LogP contribution is 2.26. The van der Waals surface area contributed by atoms with E-state index in [0.717, 1.165) is 36.6 Å². The molecule has 2 N–H and O–H groups in total. The molecule has 0 aromatic carbocycles. The van der Waals surface area contributed by atoms with Crippen molar-refractivity contribution in [3.05, 3.63) is 16.5 Å². The Morgan fingerprint density at radius 3 is 2.45 bits per heavy atom. The van der Waals surface area contributed by atoms with Gasteiger partial charge in [0, 0.05) is 24.1 Å². The third-order valence-electron chi connectivity index (χ3n) is 3.43. The average Bonchev–Trinajstić information content (AvgIpc) is 2.37.